The molecule has 0 amide bonds. The minimum atomic E-state index is -1.75. The van der Waals surface area contributed by atoms with Gasteiger partial charge in [-0.05, 0) is 43.1 Å². The van der Waals surface area contributed by atoms with Crippen molar-refractivity contribution in [1.29, 1.82) is 0 Å². The Bertz CT molecular complexity index is 1100. The van der Waals surface area contributed by atoms with E-state index in [0.29, 0.717) is 38.5 Å². The van der Waals surface area contributed by atoms with E-state index in [-0.39, 0.29) is 23.0 Å². The summed E-state index contributed by atoms with van der Waals surface area (Å²) < 4.78 is 23.2. The minimum Gasteiger partial charge on any atom is -0.496 e. The Hall–Kier alpha value is -2.85. The van der Waals surface area contributed by atoms with E-state index >= 15 is 0 Å². The molecule has 3 N–H and O–H groups in total. The van der Waals surface area contributed by atoms with Crippen molar-refractivity contribution < 1.29 is 23.4 Å². The molecule has 40 heavy (non-hydrogen) atoms. The summed E-state index contributed by atoms with van der Waals surface area (Å²) in [7, 11) is -0.0916. The van der Waals surface area contributed by atoms with Crippen molar-refractivity contribution in [3.63, 3.8) is 0 Å². The molecule has 0 saturated heterocycles. The monoisotopic (exact) mass is 574 g/mol. The topological polar surface area (TPSA) is 118 Å². The van der Waals surface area contributed by atoms with Gasteiger partial charge in [0.25, 0.3) is 0 Å². The molecule has 1 aromatic heterocycles. The summed E-state index contributed by atoms with van der Waals surface area (Å²) in [6.07, 6.45) is 3.93. The normalized spacial score (nSPS) is 12.6. The number of rotatable bonds is 16. The van der Waals surface area contributed by atoms with E-state index in [1.807, 2.05) is 25.1 Å². The second-order valence-electron chi connectivity index (χ2n) is 11.7. The zero-order valence-corrected chi connectivity index (χ0v) is 27.0. The molecule has 0 spiro atoms. The first kappa shape index (κ1) is 33.4. The molecule has 0 saturated carbocycles. The van der Waals surface area contributed by atoms with E-state index in [4.69, 9.17) is 24.4 Å². The third-order valence-electron chi connectivity index (χ3n) is 7.43. The highest BCUT2D eigenvalue weighted by molar-refractivity contribution is 6.74. The summed E-state index contributed by atoms with van der Waals surface area (Å²) >= 11 is 0. The Morgan fingerprint density at radius 1 is 1.12 bits per heavy atom. The SMILES string of the molecule is CCC[C@@H](CCOC(C)=O)Nc1nc(N)nc(C)c1Cc1ccc(OCCCO[Si](C)(C)C(C)(C)C)cc1OC. The van der Waals surface area contributed by atoms with Gasteiger partial charge < -0.3 is 29.7 Å². The maximum Gasteiger partial charge on any atom is 0.302 e. The Kier molecular flexibility index (Phi) is 12.7. The Balaban J connectivity index is 2.12. The Morgan fingerprint density at radius 2 is 1.85 bits per heavy atom. The predicted molar refractivity (Wildman–Crippen MR) is 164 cm³/mol. The van der Waals surface area contributed by atoms with E-state index in [1.165, 1.54) is 6.92 Å². The standard InChI is InChI=1S/C30H50N4O5Si/c1-10-12-24(15-18-37-22(3)35)33-28-26(21(2)32-29(31)34-28)19-23-13-14-25(20-27(23)36-7)38-16-11-17-39-40(8,9)30(4,5)6/h13-14,20,24H,10-12,15-19H2,1-9H3,(H3,31,32,33,34)/t24-/m0/s1. The number of carbonyl (C=O) groups is 1. The van der Waals surface area contributed by atoms with Gasteiger partial charge in [-0.2, -0.15) is 4.98 Å². The number of benzene rings is 1. The minimum absolute atomic E-state index is 0.0788. The Labute approximate surface area is 241 Å². The van der Waals surface area contributed by atoms with E-state index in [9.17, 15) is 4.79 Å². The number of nitrogens with two attached hydrogens (primary N) is 1. The molecule has 1 heterocycles. The van der Waals surface area contributed by atoms with Crippen LogP contribution in [0, 0.1) is 6.92 Å². The molecule has 9 nitrogen and oxygen atoms in total. The van der Waals surface area contributed by atoms with Crippen LogP contribution in [0.25, 0.3) is 0 Å². The van der Waals surface area contributed by atoms with Gasteiger partial charge in [0.1, 0.15) is 17.3 Å². The average Bonchev–Trinajstić information content (AvgIpc) is 2.85. The van der Waals surface area contributed by atoms with Gasteiger partial charge in [-0.25, -0.2) is 4.98 Å². The molecular weight excluding hydrogens is 524 g/mol. The van der Waals surface area contributed by atoms with Gasteiger partial charge in [-0.1, -0.05) is 40.2 Å². The molecule has 0 aliphatic heterocycles. The number of nitrogen functional groups attached to an aromatic ring is 1. The molecule has 0 unspecified atom stereocenters. The van der Waals surface area contributed by atoms with Crippen LogP contribution in [0.3, 0.4) is 0 Å². The summed E-state index contributed by atoms with van der Waals surface area (Å²) in [5.41, 5.74) is 8.75. The summed E-state index contributed by atoms with van der Waals surface area (Å²) in [4.78, 5) is 20.2. The number of nitrogens with one attached hydrogen (secondary N) is 1. The maximum absolute atomic E-state index is 11.2. The number of carbonyl (C=O) groups excluding carboxylic acids is 1. The van der Waals surface area contributed by atoms with E-state index in [1.54, 1.807) is 7.11 Å². The Morgan fingerprint density at radius 3 is 2.48 bits per heavy atom. The lowest BCUT2D eigenvalue weighted by Crippen LogP contribution is -2.41. The lowest BCUT2D eigenvalue weighted by Gasteiger charge is -2.36. The van der Waals surface area contributed by atoms with Crippen LogP contribution >= 0.6 is 0 Å². The molecule has 0 bridgehead atoms. The quantitative estimate of drug-likeness (QED) is 0.135. The number of ether oxygens (including phenoxy) is 3. The van der Waals surface area contributed by atoms with Crippen LogP contribution in [0.15, 0.2) is 18.2 Å². The highest BCUT2D eigenvalue weighted by Gasteiger charge is 2.36. The van der Waals surface area contributed by atoms with Crippen LogP contribution in [0.2, 0.25) is 18.1 Å². The van der Waals surface area contributed by atoms with Crippen molar-refractivity contribution in [2.24, 2.45) is 0 Å². The first-order chi connectivity index (χ1) is 18.8. The van der Waals surface area contributed by atoms with E-state index in [0.717, 1.165) is 47.6 Å². The van der Waals surface area contributed by atoms with E-state index < -0.39 is 8.32 Å². The van der Waals surface area contributed by atoms with Gasteiger partial charge in [0.2, 0.25) is 5.95 Å². The zero-order chi connectivity index (χ0) is 29.9. The number of esters is 1. The lowest BCUT2D eigenvalue weighted by atomic mass is 10.0. The van der Waals surface area contributed by atoms with Gasteiger partial charge >= 0.3 is 5.97 Å². The predicted octanol–water partition coefficient (Wildman–Crippen LogP) is 6.29. The summed E-state index contributed by atoms with van der Waals surface area (Å²) in [5.74, 6) is 2.11. The highest BCUT2D eigenvalue weighted by Crippen LogP contribution is 2.36. The number of methoxy groups -OCH3 is 1. The third-order valence-corrected chi connectivity index (χ3v) is 12.0. The molecule has 0 fully saturated rings. The fourth-order valence-corrected chi connectivity index (χ4v) is 5.16. The summed E-state index contributed by atoms with van der Waals surface area (Å²) in [6, 6.07) is 5.98. The van der Waals surface area contributed by atoms with Crippen LogP contribution in [-0.2, 0) is 20.4 Å². The van der Waals surface area contributed by atoms with Gasteiger partial charge in [-0.3, -0.25) is 4.79 Å². The number of nitrogens with zero attached hydrogens (tertiary/aromatic N) is 2. The molecule has 1 atom stereocenters. The van der Waals surface area contributed by atoms with Crippen molar-refractivity contribution in [2.75, 3.05) is 38.0 Å². The van der Waals surface area contributed by atoms with Crippen molar-refractivity contribution >= 4 is 26.1 Å². The number of anilines is 2. The maximum atomic E-state index is 11.2. The van der Waals surface area contributed by atoms with Crippen molar-refractivity contribution in [2.45, 2.75) is 97.8 Å². The van der Waals surface area contributed by atoms with E-state index in [2.05, 4.69) is 56.1 Å². The molecule has 2 aromatic rings. The first-order valence-electron chi connectivity index (χ1n) is 14.2. The van der Waals surface area contributed by atoms with Crippen LogP contribution in [0.4, 0.5) is 11.8 Å². The molecule has 0 aliphatic rings. The number of hydrogen-bond acceptors (Lipinski definition) is 9. The molecule has 1 aromatic carbocycles. The number of aryl methyl sites for hydroxylation is 1. The third kappa shape index (κ3) is 10.3. The van der Waals surface area contributed by atoms with Crippen LogP contribution in [-0.4, -0.2) is 57.2 Å². The summed E-state index contributed by atoms with van der Waals surface area (Å²) in [6.45, 7) is 18.3. The fraction of sp³-hybridized carbons (Fsp3) is 0.633. The molecule has 0 radical (unpaired) electrons. The smallest absolute Gasteiger partial charge is 0.302 e. The first-order valence-corrected chi connectivity index (χ1v) is 17.1. The average molecular weight is 575 g/mol. The van der Waals surface area contributed by atoms with Crippen LogP contribution in [0.5, 0.6) is 11.5 Å². The molecule has 0 aliphatic carbocycles. The summed E-state index contributed by atoms with van der Waals surface area (Å²) in [5, 5.41) is 3.73. The molecular formula is C30H50N4O5Si. The van der Waals surface area contributed by atoms with Crippen LogP contribution < -0.4 is 20.5 Å². The number of hydrogen-bond donors (Lipinski definition) is 2. The van der Waals surface area contributed by atoms with Crippen LogP contribution in [0.1, 0.15) is 77.1 Å². The van der Waals surface area contributed by atoms with Crippen molar-refractivity contribution in [1.82, 2.24) is 9.97 Å². The second-order valence-corrected chi connectivity index (χ2v) is 16.5. The largest absolute Gasteiger partial charge is 0.496 e. The lowest BCUT2D eigenvalue weighted by molar-refractivity contribution is -0.141. The zero-order valence-electron chi connectivity index (χ0n) is 26.0. The van der Waals surface area contributed by atoms with Gasteiger partial charge in [0.15, 0.2) is 8.32 Å². The molecule has 224 valence electrons. The fourth-order valence-electron chi connectivity index (χ4n) is 4.07. The van der Waals surface area contributed by atoms with Gasteiger partial charge in [0, 0.05) is 56.2 Å². The highest BCUT2D eigenvalue weighted by atomic mass is 28.4. The second kappa shape index (κ2) is 15.2. The van der Waals surface area contributed by atoms with Crippen molar-refractivity contribution in [3.05, 3.63) is 35.0 Å². The van der Waals surface area contributed by atoms with Crippen molar-refractivity contribution in [3.8, 4) is 11.5 Å². The van der Waals surface area contributed by atoms with Gasteiger partial charge in [-0.15, -0.1) is 0 Å². The molecule has 2 rings (SSSR count). The van der Waals surface area contributed by atoms with Gasteiger partial charge in [0.05, 0.1) is 20.3 Å². The molecule has 10 heteroatoms. The number of aromatic nitrogens is 2.